The summed E-state index contributed by atoms with van der Waals surface area (Å²) in [6, 6.07) is 13.3. The predicted molar refractivity (Wildman–Crippen MR) is 73.3 cm³/mol. The number of rotatable bonds is 4. The molecule has 0 aliphatic rings. The number of hydrogen-bond acceptors (Lipinski definition) is 3. The molecule has 5 heteroatoms. The highest BCUT2D eigenvalue weighted by Gasteiger charge is 2.01. The van der Waals surface area contributed by atoms with E-state index in [2.05, 4.69) is 4.98 Å². The quantitative estimate of drug-likeness (QED) is 0.657. The van der Waals surface area contributed by atoms with Crippen molar-refractivity contribution in [3.05, 3.63) is 59.9 Å². The molecule has 0 spiro atoms. The van der Waals surface area contributed by atoms with Gasteiger partial charge in [-0.1, -0.05) is 30.3 Å². The monoisotopic (exact) mass is 263 g/mol. The molecule has 1 aromatic carbocycles. The minimum Gasteiger partial charge on any atom is -0.489 e. The van der Waals surface area contributed by atoms with Gasteiger partial charge in [0, 0.05) is 12.3 Å². The van der Waals surface area contributed by atoms with Gasteiger partial charge in [0.2, 0.25) is 0 Å². The molecule has 3 N–H and O–H groups in total. The fourth-order valence-corrected chi connectivity index (χ4v) is 1.39. The fourth-order valence-electron chi connectivity index (χ4n) is 1.39. The molecule has 1 aromatic heterocycles. The Morgan fingerprint density at radius 2 is 1.94 bits per heavy atom. The Labute approximate surface area is 112 Å². The molecule has 0 unspecified atom stereocenters. The molecule has 0 atom stereocenters. The highest BCUT2D eigenvalue weighted by molar-refractivity contribution is 5.93. The van der Waals surface area contributed by atoms with E-state index in [1.807, 2.05) is 30.3 Å². The topological polar surface area (TPSA) is 72.0 Å². The average Bonchev–Trinajstić information content (AvgIpc) is 2.38. The number of benzene rings is 1. The summed E-state index contributed by atoms with van der Waals surface area (Å²) in [4.78, 5) is 3.96. The van der Waals surface area contributed by atoms with Gasteiger partial charge in [0.25, 0.3) is 0 Å². The molecule has 0 saturated heterocycles. The van der Waals surface area contributed by atoms with Gasteiger partial charge in [-0.2, -0.15) is 0 Å². The van der Waals surface area contributed by atoms with E-state index >= 15 is 0 Å². The number of nitrogens with zero attached hydrogens (tertiary/aromatic N) is 1. The zero-order valence-corrected chi connectivity index (χ0v) is 10.5. The van der Waals surface area contributed by atoms with E-state index in [9.17, 15) is 0 Å². The summed E-state index contributed by atoms with van der Waals surface area (Å²) < 4.78 is 5.59. The third-order valence-corrected chi connectivity index (χ3v) is 2.26. The van der Waals surface area contributed by atoms with Crippen molar-refractivity contribution in [1.82, 2.24) is 4.98 Å². The maximum Gasteiger partial charge on any atom is 0.141 e. The second-order valence-electron chi connectivity index (χ2n) is 3.56. The molecule has 18 heavy (non-hydrogen) atoms. The summed E-state index contributed by atoms with van der Waals surface area (Å²) in [5.41, 5.74) is 6.87. The summed E-state index contributed by atoms with van der Waals surface area (Å²) in [5, 5.41) is 7.29. The fraction of sp³-hybridized carbons (Fsp3) is 0.0769. The van der Waals surface area contributed by atoms with Gasteiger partial charge < -0.3 is 10.5 Å². The van der Waals surface area contributed by atoms with Crippen molar-refractivity contribution in [1.29, 1.82) is 5.41 Å². The van der Waals surface area contributed by atoms with E-state index in [0.717, 1.165) is 5.56 Å². The molecule has 2 rings (SSSR count). The lowest BCUT2D eigenvalue weighted by molar-refractivity contribution is 0.306. The van der Waals surface area contributed by atoms with Gasteiger partial charge in [0.05, 0.1) is 0 Å². The van der Waals surface area contributed by atoms with Gasteiger partial charge in [-0.05, 0) is 11.6 Å². The number of nitrogens with two attached hydrogens (primary N) is 1. The van der Waals surface area contributed by atoms with Crippen LogP contribution in [-0.2, 0) is 6.61 Å². The zero-order valence-electron chi connectivity index (χ0n) is 9.67. The third kappa shape index (κ3) is 3.75. The number of aromatic nitrogens is 1. The maximum atomic E-state index is 7.29. The van der Waals surface area contributed by atoms with Crippen molar-refractivity contribution in [3.63, 3.8) is 0 Å². The van der Waals surface area contributed by atoms with E-state index in [4.69, 9.17) is 15.9 Å². The Morgan fingerprint density at radius 1 is 1.22 bits per heavy atom. The van der Waals surface area contributed by atoms with Crippen LogP contribution < -0.4 is 10.5 Å². The van der Waals surface area contributed by atoms with Crippen molar-refractivity contribution in [3.8, 4) is 5.75 Å². The van der Waals surface area contributed by atoms with Crippen molar-refractivity contribution < 1.29 is 4.74 Å². The Hall–Kier alpha value is -2.07. The van der Waals surface area contributed by atoms with Gasteiger partial charge in [0.15, 0.2) is 0 Å². The number of nitrogen functional groups attached to an aromatic ring is 1. The van der Waals surface area contributed by atoms with Gasteiger partial charge in [-0.25, -0.2) is 0 Å². The lowest BCUT2D eigenvalue weighted by Gasteiger charge is -2.06. The first-order chi connectivity index (χ1) is 8.25. The first-order valence-electron chi connectivity index (χ1n) is 5.23. The van der Waals surface area contributed by atoms with Crippen LogP contribution in [0.2, 0.25) is 0 Å². The smallest absolute Gasteiger partial charge is 0.141 e. The van der Waals surface area contributed by atoms with Crippen LogP contribution in [0.3, 0.4) is 0 Å². The van der Waals surface area contributed by atoms with Crippen LogP contribution in [0.5, 0.6) is 5.75 Å². The standard InChI is InChI=1S/C13H13N3O.ClH/c14-13(15)12-8-11(6-7-16-12)17-9-10-4-2-1-3-5-10;/h1-8H,9H2,(H3,14,15);1H. The van der Waals surface area contributed by atoms with Crippen LogP contribution in [0, 0.1) is 5.41 Å². The molecule has 0 radical (unpaired) electrons. The van der Waals surface area contributed by atoms with Crippen LogP contribution in [0.25, 0.3) is 0 Å². The van der Waals surface area contributed by atoms with Gasteiger partial charge >= 0.3 is 0 Å². The summed E-state index contributed by atoms with van der Waals surface area (Å²) in [6.45, 7) is 0.488. The first kappa shape index (κ1) is 14.0. The molecule has 4 nitrogen and oxygen atoms in total. The van der Waals surface area contributed by atoms with Crippen LogP contribution in [0.15, 0.2) is 48.7 Å². The third-order valence-electron chi connectivity index (χ3n) is 2.26. The largest absolute Gasteiger partial charge is 0.489 e. The van der Waals surface area contributed by atoms with E-state index in [0.29, 0.717) is 18.1 Å². The van der Waals surface area contributed by atoms with Crippen LogP contribution in [0.4, 0.5) is 0 Å². The Balaban J connectivity index is 0.00000162. The maximum absolute atomic E-state index is 7.29. The lowest BCUT2D eigenvalue weighted by Crippen LogP contribution is -2.13. The molecule has 1 heterocycles. The lowest BCUT2D eigenvalue weighted by atomic mass is 10.2. The highest BCUT2D eigenvalue weighted by Crippen LogP contribution is 2.12. The zero-order chi connectivity index (χ0) is 12.1. The van der Waals surface area contributed by atoms with Crippen LogP contribution >= 0.6 is 12.4 Å². The molecule has 0 saturated carbocycles. The number of pyridine rings is 1. The van der Waals surface area contributed by atoms with Crippen LogP contribution in [0.1, 0.15) is 11.3 Å². The second-order valence-corrected chi connectivity index (χ2v) is 3.56. The number of halogens is 1. The average molecular weight is 264 g/mol. The summed E-state index contributed by atoms with van der Waals surface area (Å²) >= 11 is 0. The van der Waals surface area contributed by atoms with E-state index < -0.39 is 0 Å². The molecule has 2 aromatic rings. The number of amidine groups is 1. The van der Waals surface area contributed by atoms with Gasteiger partial charge in [0.1, 0.15) is 23.9 Å². The highest BCUT2D eigenvalue weighted by atomic mass is 35.5. The van der Waals surface area contributed by atoms with Crippen molar-refractivity contribution >= 4 is 18.2 Å². The van der Waals surface area contributed by atoms with Gasteiger partial charge in [-0.15, -0.1) is 12.4 Å². The molecule has 0 aliphatic carbocycles. The second kappa shape index (κ2) is 6.61. The van der Waals surface area contributed by atoms with Crippen molar-refractivity contribution in [2.24, 2.45) is 5.73 Å². The SMILES string of the molecule is Cl.N=C(N)c1cc(OCc2ccccc2)ccn1. The molecule has 0 amide bonds. The normalized spacial score (nSPS) is 9.33. The molecular weight excluding hydrogens is 250 g/mol. The molecule has 0 fully saturated rings. The van der Waals surface area contributed by atoms with Crippen LogP contribution in [-0.4, -0.2) is 10.8 Å². The molecule has 0 bridgehead atoms. The molecular formula is C13H14ClN3O. The minimum atomic E-state index is -0.0600. The first-order valence-corrected chi connectivity index (χ1v) is 5.23. The van der Waals surface area contributed by atoms with E-state index in [1.54, 1.807) is 18.3 Å². The Bertz CT molecular complexity index is 517. The van der Waals surface area contributed by atoms with E-state index in [-0.39, 0.29) is 18.2 Å². The van der Waals surface area contributed by atoms with E-state index in [1.165, 1.54) is 0 Å². The van der Waals surface area contributed by atoms with Gasteiger partial charge in [-0.3, -0.25) is 10.4 Å². The number of ether oxygens (including phenoxy) is 1. The Kier molecular flexibility index (Phi) is 5.14. The van der Waals surface area contributed by atoms with Crippen molar-refractivity contribution in [2.75, 3.05) is 0 Å². The number of hydrogen-bond donors (Lipinski definition) is 2. The number of nitrogens with one attached hydrogen (secondary N) is 1. The Morgan fingerprint density at radius 3 is 2.61 bits per heavy atom. The minimum absolute atomic E-state index is 0. The molecule has 0 aliphatic heterocycles. The predicted octanol–water partition coefficient (Wildman–Crippen LogP) is 2.37. The summed E-state index contributed by atoms with van der Waals surface area (Å²) in [7, 11) is 0. The summed E-state index contributed by atoms with van der Waals surface area (Å²) in [5.74, 6) is 0.601. The van der Waals surface area contributed by atoms with Crippen molar-refractivity contribution in [2.45, 2.75) is 6.61 Å². The summed E-state index contributed by atoms with van der Waals surface area (Å²) in [6.07, 6.45) is 1.58. The molecule has 94 valence electrons.